The zero-order valence-corrected chi connectivity index (χ0v) is 26.6. The van der Waals surface area contributed by atoms with Gasteiger partial charge in [-0.2, -0.15) is 26.3 Å². The molecule has 2 aromatic heterocycles. The van der Waals surface area contributed by atoms with Gasteiger partial charge >= 0.3 is 18.3 Å². The smallest absolute Gasteiger partial charge is 0.416 e. The molecule has 4 heterocycles. The first kappa shape index (κ1) is 34.8. The van der Waals surface area contributed by atoms with Crippen LogP contribution in [0.1, 0.15) is 41.5 Å². The van der Waals surface area contributed by atoms with Crippen molar-refractivity contribution in [3.05, 3.63) is 93.8 Å². The highest BCUT2D eigenvalue weighted by Crippen LogP contribution is 2.60. The first-order valence-electron chi connectivity index (χ1n) is 15.8. The Hall–Kier alpha value is -5.02. The zero-order valence-electron chi connectivity index (χ0n) is 26.6. The highest BCUT2D eigenvalue weighted by molar-refractivity contribution is 5.93. The number of hydrogen-bond donors (Lipinski definition) is 1. The van der Waals surface area contributed by atoms with Gasteiger partial charge in [-0.05, 0) is 44.0 Å². The van der Waals surface area contributed by atoms with Crippen LogP contribution in [0, 0.1) is 16.7 Å². The molecule has 3 aromatic rings. The second-order valence-corrected chi connectivity index (χ2v) is 12.9. The number of aromatic amines is 1. The number of pyridine rings is 1. The molecule has 1 saturated carbocycles. The molecule has 3 fully saturated rings. The van der Waals surface area contributed by atoms with Crippen LogP contribution >= 0.6 is 0 Å². The second kappa shape index (κ2) is 12.7. The van der Waals surface area contributed by atoms with E-state index in [9.17, 15) is 45.5 Å². The Kier molecular flexibility index (Phi) is 8.85. The van der Waals surface area contributed by atoms with Crippen molar-refractivity contribution >= 4 is 17.8 Å². The predicted octanol–water partition coefficient (Wildman–Crippen LogP) is 4.83. The third-order valence-electron chi connectivity index (χ3n) is 9.51. The minimum atomic E-state index is -4.70. The standard InChI is InChI=1S/C34H31F6N5O5/c1-2-50-29(48)21(13-24-4-3-5-25(43-24)20-6-8-22(9-7-20)33(35,36)37)12-23-16-44(28(47)26-14-42-27(46)15-41-26)17-31(23)18-45(19-31)30(49)32(10-11-32)34(38,39)40/h3-9,12,14-15,23H,2,10-11,13,16-19H2,1H3,(H,42,46). The van der Waals surface area contributed by atoms with Gasteiger partial charge in [0.05, 0.1) is 24.1 Å². The summed E-state index contributed by atoms with van der Waals surface area (Å²) < 4.78 is 86.0. The van der Waals surface area contributed by atoms with Gasteiger partial charge in [0.25, 0.3) is 11.5 Å². The van der Waals surface area contributed by atoms with Crippen molar-refractivity contribution in [1.29, 1.82) is 0 Å². The molecule has 1 aliphatic carbocycles. The number of rotatable bonds is 8. The number of alkyl halides is 6. The Labute approximate surface area is 281 Å². The number of hydrogen-bond acceptors (Lipinski definition) is 7. The number of H-pyrrole nitrogens is 1. The summed E-state index contributed by atoms with van der Waals surface area (Å²) in [7, 11) is 0. The molecule has 2 saturated heterocycles. The number of amides is 2. The highest BCUT2D eigenvalue weighted by atomic mass is 19.4. The quantitative estimate of drug-likeness (QED) is 0.203. The van der Waals surface area contributed by atoms with Gasteiger partial charge in [0.2, 0.25) is 5.91 Å². The Morgan fingerprint density at radius 1 is 1.00 bits per heavy atom. The lowest BCUT2D eigenvalue weighted by atomic mass is 9.70. The Morgan fingerprint density at radius 2 is 1.68 bits per heavy atom. The van der Waals surface area contributed by atoms with Crippen LogP contribution in [0.4, 0.5) is 26.3 Å². The molecule has 2 aliphatic heterocycles. The maximum atomic E-state index is 13.8. The lowest BCUT2D eigenvalue weighted by Crippen LogP contribution is -2.64. The SMILES string of the molecule is CCOC(=O)C(=CC1CN(C(=O)c2c[nH]c(=O)cn2)CC12CN(C(=O)C1(C(F)(F)F)CC1)C2)Cc1cccc(-c2ccc(C(F)(F)F)cc2)n1. The number of aromatic nitrogens is 3. The van der Waals surface area contributed by atoms with E-state index in [-0.39, 0.29) is 63.3 Å². The predicted molar refractivity (Wildman–Crippen MR) is 164 cm³/mol. The molecule has 6 rings (SSSR count). The lowest BCUT2D eigenvalue weighted by molar-refractivity contribution is -0.205. The van der Waals surface area contributed by atoms with Crippen LogP contribution in [0.25, 0.3) is 11.3 Å². The number of carbonyl (C=O) groups excluding carboxylic acids is 3. The van der Waals surface area contributed by atoms with Crippen LogP contribution in [0.3, 0.4) is 0 Å². The number of benzene rings is 1. The monoisotopic (exact) mass is 703 g/mol. The molecule has 1 spiro atoms. The average molecular weight is 704 g/mol. The number of halogens is 6. The van der Waals surface area contributed by atoms with Crippen LogP contribution in [0.15, 0.2) is 71.3 Å². The number of carbonyl (C=O) groups is 3. The number of likely N-dealkylation sites (tertiary alicyclic amines) is 2. The molecule has 10 nitrogen and oxygen atoms in total. The number of nitrogens with one attached hydrogen (secondary N) is 1. The minimum Gasteiger partial charge on any atom is -0.463 e. The Bertz CT molecular complexity index is 1870. The summed E-state index contributed by atoms with van der Waals surface area (Å²) in [6.07, 6.45) is -6.17. The summed E-state index contributed by atoms with van der Waals surface area (Å²) in [6, 6.07) is 9.32. The highest BCUT2D eigenvalue weighted by Gasteiger charge is 2.71. The molecule has 2 amide bonds. The average Bonchev–Trinajstić information content (AvgIpc) is 3.80. The van der Waals surface area contributed by atoms with Gasteiger partial charge in [0.1, 0.15) is 11.1 Å². The molecule has 264 valence electrons. The van der Waals surface area contributed by atoms with E-state index in [1.807, 2.05) is 0 Å². The van der Waals surface area contributed by atoms with E-state index in [0.717, 1.165) is 29.4 Å². The molecule has 3 aliphatic rings. The summed E-state index contributed by atoms with van der Waals surface area (Å²) in [4.78, 5) is 64.7. The molecule has 0 radical (unpaired) electrons. The van der Waals surface area contributed by atoms with E-state index >= 15 is 0 Å². The van der Waals surface area contributed by atoms with Crippen molar-refractivity contribution in [2.45, 2.75) is 38.5 Å². The zero-order chi connectivity index (χ0) is 36.1. The molecule has 0 bridgehead atoms. The van der Waals surface area contributed by atoms with Crippen molar-refractivity contribution < 1.29 is 45.5 Å². The molecule has 1 N–H and O–H groups in total. The van der Waals surface area contributed by atoms with Crippen molar-refractivity contribution in [2.24, 2.45) is 16.7 Å². The van der Waals surface area contributed by atoms with E-state index in [1.165, 1.54) is 17.0 Å². The Morgan fingerprint density at radius 3 is 2.26 bits per heavy atom. The molecular weight excluding hydrogens is 672 g/mol. The fourth-order valence-electron chi connectivity index (χ4n) is 6.67. The van der Waals surface area contributed by atoms with Gasteiger partial charge < -0.3 is 19.5 Å². The largest absolute Gasteiger partial charge is 0.463 e. The molecule has 1 unspecified atom stereocenters. The van der Waals surface area contributed by atoms with Crippen LogP contribution in [0.2, 0.25) is 0 Å². The van der Waals surface area contributed by atoms with Crippen LogP contribution in [0.5, 0.6) is 0 Å². The van der Waals surface area contributed by atoms with Crippen molar-refractivity contribution in [3.8, 4) is 11.3 Å². The summed E-state index contributed by atoms with van der Waals surface area (Å²) in [5.74, 6) is -2.88. The second-order valence-electron chi connectivity index (χ2n) is 12.9. The van der Waals surface area contributed by atoms with E-state index in [0.29, 0.717) is 17.0 Å². The van der Waals surface area contributed by atoms with Gasteiger partial charge in [-0.25, -0.2) is 9.78 Å². The first-order valence-corrected chi connectivity index (χ1v) is 15.8. The summed E-state index contributed by atoms with van der Waals surface area (Å²) in [6.45, 7) is 1.51. The third kappa shape index (κ3) is 6.62. The van der Waals surface area contributed by atoms with Gasteiger partial charge in [-0.3, -0.25) is 19.4 Å². The number of ether oxygens (including phenoxy) is 1. The third-order valence-corrected chi connectivity index (χ3v) is 9.51. The van der Waals surface area contributed by atoms with E-state index < -0.39 is 58.0 Å². The molecule has 1 atom stereocenters. The van der Waals surface area contributed by atoms with E-state index in [4.69, 9.17) is 4.74 Å². The van der Waals surface area contributed by atoms with Crippen LogP contribution in [-0.2, 0) is 26.9 Å². The van der Waals surface area contributed by atoms with Gasteiger partial charge in [0, 0.05) is 67.0 Å². The molecular formula is C34H31F6N5O5. The summed E-state index contributed by atoms with van der Waals surface area (Å²) in [5, 5.41) is 0. The Balaban J connectivity index is 1.30. The van der Waals surface area contributed by atoms with E-state index in [2.05, 4.69) is 15.0 Å². The van der Waals surface area contributed by atoms with Gasteiger partial charge in [0.15, 0.2) is 0 Å². The fraction of sp³-hybridized carbons (Fsp3) is 0.412. The van der Waals surface area contributed by atoms with Gasteiger partial charge in [-0.1, -0.05) is 24.3 Å². The first-order chi connectivity index (χ1) is 23.5. The fourth-order valence-corrected chi connectivity index (χ4v) is 6.67. The topological polar surface area (TPSA) is 126 Å². The van der Waals surface area contributed by atoms with Crippen molar-refractivity contribution in [3.63, 3.8) is 0 Å². The maximum Gasteiger partial charge on any atom is 0.416 e. The molecule has 1 aromatic carbocycles. The maximum absolute atomic E-state index is 13.8. The normalized spacial score (nSPS) is 19.7. The van der Waals surface area contributed by atoms with Crippen LogP contribution < -0.4 is 5.56 Å². The number of esters is 1. The lowest BCUT2D eigenvalue weighted by Gasteiger charge is -2.51. The van der Waals surface area contributed by atoms with Crippen molar-refractivity contribution in [1.82, 2.24) is 24.8 Å². The summed E-state index contributed by atoms with van der Waals surface area (Å²) >= 11 is 0. The molecule has 50 heavy (non-hydrogen) atoms. The van der Waals surface area contributed by atoms with Gasteiger partial charge in [-0.15, -0.1) is 0 Å². The van der Waals surface area contributed by atoms with Crippen LogP contribution in [-0.4, -0.2) is 81.5 Å². The number of nitrogens with zero attached hydrogens (tertiary/aromatic N) is 4. The van der Waals surface area contributed by atoms with Crippen molar-refractivity contribution in [2.75, 3.05) is 32.8 Å². The summed E-state index contributed by atoms with van der Waals surface area (Å²) in [5.41, 5.74) is -3.43. The van der Waals surface area contributed by atoms with E-state index in [1.54, 1.807) is 31.2 Å². The molecule has 16 heteroatoms. The minimum absolute atomic E-state index is 0.0218.